The maximum atomic E-state index is 12.6. The van der Waals surface area contributed by atoms with Crippen molar-refractivity contribution in [2.24, 2.45) is 0 Å². The van der Waals surface area contributed by atoms with Gasteiger partial charge in [-0.15, -0.1) is 0 Å². The molecule has 0 bridgehead atoms. The summed E-state index contributed by atoms with van der Waals surface area (Å²) in [5.74, 6) is -5.32. The zero-order valence-corrected chi connectivity index (χ0v) is 15.8. The van der Waals surface area contributed by atoms with Gasteiger partial charge in [-0.25, -0.2) is 14.4 Å². The fourth-order valence-electron chi connectivity index (χ4n) is 3.10. The quantitative estimate of drug-likeness (QED) is 0.258. The second kappa shape index (κ2) is 7.34. The number of carbonyl (C=O) groups excluding carboxylic acids is 5. The molecule has 1 heterocycles. The number of Topliss-reactive ketones (excluding diaryl/α,β-unsaturated/α-hetero) is 2. The van der Waals surface area contributed by atoms with E-state index in [2.05, 4.69) is 0 Å². The molecule has 2 aliphatic rings. The van der Waals surface area contributed by atoms with Crippen molar-refractivity contribution in [2.45, 2.75) is 20.8 Å². The van der Waals surface area contributed by atoms with Gasteiger partial charge in [0.05, 0.1) is 18.8 Å². The molecule has 0 saturated heterocycles. The van der Waals surface area contributed by atoms with Crippen LogP contribution >= 0.6 is 0 Å². The molecule has 0 amide bonds. The third-order valence-corrected chi connectivity index (χ3v) is 4.32. The van der Waals surface area contributed by atoms with E-state index in [1.54, 1.807) is 13.8 Å². The second-order valence-electron chi connectivity index (χ2n) is 6.09. The highest BCUT2D eigenvalue weighted by Gasteiger charge is 2.41. The van der Waals surface area contributed by atoms with Crippen molar-refractivity contribution >= 4 is 41.0 Å². The number of cyclic esters (lactones) is 1. The number of esters is 3. The van der Waals surface area contributed by atoms with Crippen LogP contribution in [-0.2, 0) is 28.6 Å². The summed E-state index contributed by atoms with van der Waals surface area (Å²) in [5.41, 5.74) is -1.24. The largest absolute Gasteiger partial charge is 0.506 e. The molecule has 0 aromatic heterocycles. The van der Waals surface area contributed by atoms with Crippen LogP contribution in [0.25, 0.3) is 11.5 Å². The Morgan fingerprint density at radius 2 is 1.59 bits per heavy atom. The summed E-state index contributed by atoms with van der Waals surface area (Å²) in [5, 5.41) is 10.3. The molecule has 0 unspecified atom stereocenters. The number of hydrogen-bond acceptors (Lipinski definition) is 9. The van der Waals surface area contributed by atoms with Crippen molar-refractivity contribution in [3.05, 3.63) is 45.5 Å². The Hall–Kier alpha value is -3.75. The van der Waals surface area contributed by atoms with Crippen LogP contribution in [0, 0.1) is 0 Å². The molecule has 0 atom stereocenters. The van der Waals surface area contributed by atoms with E-state index in [0.29, 0.717) is 0 Å². The zero-order chi connectivity index (χ0) is 21.5. The maximum absolute atomic E-state index is 12.6. The molecular weight excluding hydrogens is 384 g/mol. The van der Waals surface area contributed by atoms with Crippen molar-refractivity contribution in [2.75, 3.05) is 13.2 Å². The summed E-state index contributed by atoms with van der Waals surface area (Å²) >= 11 is 0. The highest BCUT2D eigenvalue weighted by Crippen LogP contribution is 2.40. The standard InChI is InChI=1S/C20H16O9/c1-4-27-19(25)13(8(3)21)17-11-6-9-10(7-12(11)18(24)29-17)16(23)14(15(9)22)20(26)28-5-2/h6-7,23H,4-5H2,1-3H3/b17-13-. The summed E-state index contributed by atoms with van der Waals surface area (Å²) in [6, 6.07) is 2.36. The van der Waals surface area contributed by atoms with Crippen molar-refractivity contribution in [1.82, 2.24) is 0 Å². The van der Waals surface area contributed by atoms with Gasteiger partial charge in [-0.05, 0) is 32.9 Å². The fourth-order valence-corrected chi connectivity index (χ4v) is 3.10. The normalized spacial score (nSPS) is 16.2. The molecule has 0 spiro atoms. The minimum atomic E-state index is -0.999. The number of carbonyl (C=O) groups is 5. The molecular formula is C20H16O9. The van der Waals surface area contributed by atoms with E-state index < -0.39 is 46.4 Å². The molecule has 0 radical (unpaired) electrons. The molecule has 1 aliphatic heterocycles. The van der Waals surface area contributed by atoms with Gasteiger partial charge in [-0.1, -0.05) is 0 Å². The Labute approximate surface area is 164 Å². The average molecular weight is 400 g/mol. The lowest BCUT2D eigenvalue weighted by molar-refractivity contribution is -0.140. The molecule has 1 aromatic rings. The number of benzene rings is 1. The Kier molecular flexibility index (Phi) is 5.06. The van der Waals surface area contributed by atoms with Gasteiger partial charge < -0.3 is 19.3 Å². The van der Waals surface area contributed by atoms with Crippen LogP contribution in [0.3, 0.4) is 0 Å². The summed E-state index contributed by atoms with van der Waals surface area (Å²) in [6.45, 7) is 4.19. The predicted octanol–water partition coefficient (Wildman–Crippen LogP) is 1.75. The highest BCUT2D eigenvalue weighted by atomic mass is 16.6. The lowest BCUT2D eigenvalue weighted by Crippen LogP contribution is -2.16. The molecule has 3 rings (SSSR count). The molecule has 9 nitrogen and oxygen atoms in total. The smallest absolute Gasteiger partial charge is 0.345 e. The molecule has 0 saturated carbocycles. The van der Waals surface area contributed by atoms with Gasteiger partial charge in [0.25, 0.3) is 0 Å². The van der Waals surface area contributed by atoms with Crippen molar-refractivity contribution < 1.29 is 43.3 Å². The van der Waals surface area contributed by atoms with E-state index in [0.717, 1.165) is 6.92 Å². The van der Waals surface area contributed by atoms with Crippen molar-refractivity contribution in [3.8, 4) is 0 Å². The number of hydrogen-bond donors (Lipinski definition) is 1. The number of aliphatic hydroxyl groups excluding tert-OH is 1. The summed E-state index contributed by atoms with van der Waals surface area (Å²) in [6.07, 6.45) is 0. The molecule has 1 aromatic carbocycles. The second-order valence-corrected chi connectivity index (χ2v) is 6.09. The van der Waals surface area contributed by atoms with Gasteiger partial charge in [-0.2, -0.15) is 0 Å². The van der Waals surface area contributed by atoms with Crippen LogP contribution in [-0.4, -0.2) is 47.8 Å². The van der Waals surface area contributed by atoms with Gasteiger partial charge in [0.2, 0.25) is 5.78 Å². The monoisotopic (exact) mass is 400 g/mol. The van der Waals surface area contributed by atoms with E-state index in [1.807, 2.05) is 0 Å². The van der Waals surface area contributed by atoms with Gasteiger partial charge in [0.15, 0.2) is 11.5 Å². The molecule has 0 fully saturated rings. The number of aliphatic hydroxyl groups is 1. The molecule has 29 heavy (non-hydrogen) atoms. The number of fused-ring (bicyclic) bond motifs is 2. The number of ether oxygens (including phenoxy) is 3. The SMILES string of the molecule is CCOC(=O)C1=C(O)c2cc3c(cc2C1=O)/C(=C(\C(C)=O)C(=O)OCC)OC3=O. The van der Waals surface area contributed by atoms with Gasteiger partial charge in [-0.3, -0.25) is 9.59 Å². The van der Waals surface area contributed by atoms with Crippen LogP contribution in [0.5, 0.6) is 0 Å². The Bertz CT molecular complexity index is 1060. The van der Waals surface area contributed by atoms with Gasteiger partial charge in [0, 0.05) is 16.7 Å². The number of rotatable bonds is 5. The Morgan fingerprint density at radius 1 is 0.966 bits per heavy atom. The van der Waals surface area contributed by atoms with E-state index in [9.17, 15) is 29.1 Å². The Balaban J connectivity index is 2.19. The summed E-state index contributed by atoms with van der Waals surface area (Å²) in [7, 11) is 0. The topological polar surface area (TPSA) is 133 Å². The van der Waals surface area contributed by atoms with Crippen LogP contribution in [0.15, 0.2) is 23.3 Å². The highest BCUT2D eigenvalue weighted by molar-refractivity contribution is 6.33. The summed E-state index contributed by atoms with van der Waals surface area (Å²) in [4.78, 5) is 61.1. The number of ketones is 2. The van der Waals surface area contributed by atoms with Gasteiger partial charge in [0.1, 0.15) is 16.9 Å². The van der Waals surface area contributed by atoms with Crippen molar-refractivity contribution in [3.63, 3.8) is 0 Å². The Morgan fingerprint density at radius 3 is 2.17 bits per heavy atom. The molecule has 150 valence electrons. The first kappa shape index (κ1) is 20.0. The lowest BCUT2D eigenvalue weighted by atomic mass is 9.96. The van der Waals surface area contributed by atoms with E-state index in [1.165, 1.54) is 12.1 Å². The minimum absolute atomic E-state index is 0.00351. The van der Waals surface area contributed by atoms with Crippen LogP contribution < -0.4 is 0 Å². The first-order chi connectivity index (χ1) is 13.7. The van der Waals surface area contributed by atoms with E-state index in [4.69, 9.17) is 14.2 Å². The first-order valence-corrected chi connectivity index (χ1v) is 8.71. The third kappa shape index (κ3) is 3.10. The third-order valence-electron chi connectivity index (χ3n) is 4.32. The van der Waals surface area contributed by atoms with Crippen molar-refractivity contribution in [1.29, 1.82) is 0 Å². The fraction of sp³-hybridized carbons (Fsp3) is 0.250. The molecule has 9 heteroatoms. The maximum Gasteiger partial charge on any atom is 0.345 e. The lowest BCUT2D eigenvalue weighted by Gasteiger charge is -2.08. The zero-order valence-electron chi connectivity index (χ0n) is 15.8. The van der Waals surface area contributed by atoms with Crippen LogP contribution in [0.1, 0.15) is 52.6 Å². The van der Waals surface area contributed by atoms with Crippen LogP contribution in [0.2, 0.25) is 0 Å². The van der Waals surface area contributed by atoms with E-state index in [-0.39, 0.29) is 41.2 Å². The van der Waals surface area contributed by atoms with E-state index >= 15 is 0 Å². The predicted molar refractivity (Wildman–Crippen MR) is 96.6 cm³/mol. The first-order valence-electron chi connectivity index (χ1n) is 8.71. The van der Waals surface area contributed by atoms with Gasteiger partial charge >= 0.3 is 17.9 Å². The molecule has 1 aliphatic carbocycles. The van der Waals surface area contributed by atoms with Crippen LogP contribution in [0.4, 0.5) is 0 Å². The summed E-state index contributed by atoms with van der Waals surface area (Å²) < 4.78 is 14.7. The minimum Gasteiger partial charge on any atom is -0.506 e. The average Bonchev–Trinajstić information content (AvgIpc) is 3.09. The molecule has 1 N–H and O–H groups in total.